The number of hydrogen-bond acceptors (Lipinski definition) is 10. The average Bonchev–Trinajstić information content (AvgIpc) is 3.53. The summed E-state index contributed by atoms with van der Waals surface area (Å²) >= 11 is 0. The first-order valence-electron chi connectivity index (χ1n) is 17.8. The van der Waals surface area contributed by atoms with Gasteiger partial charge in [0.05, 0.1) is 46.0 Å². The molecule has 5 rings (SSSR count). The number of nitrogens with zero attached hydrogens (tertiary/aromatic N) is 1. The highest BCUT2D eigenvalue weighted by Gasteiger charge is 2.51. The second-order valence-electron chi connectivity index (χ2n) is 14.1. The minimum absolute atomic E-state index is 0.00482. The lowest BCUT2D eigenvalue weighted by molar-refractivity contribution is -0.147. The number of amides is 2. The van der Waals surface area contributed by atoms with Gasteiger partial charge in [-0.05, 0) is 79.0 Å². The molecule has 3 aliphatic rings. The fourth-order valence-corrected chi connectivity index (χ4v) is 7.88. The summed E-state index contributed by atoms with van der Waals surface area (Å²) < 4.78 is 29.4. The SMILES string of the molecule is COc1ccc(OC)c(CCN(C(=O)COC2CC(C)CCC2C(C)C)C2C=C(C(=O)NCCO)C3c4cc(C=O)cc(OC)c4OC3C2O)c1. The molecule has 0 spiro atoms. The number of aldehydes is 1. The molecule has 2 amide bonds. The van der Waals surface area contributed by atoms with E-state index in [2.05, 4.69) is 26.1 Å². The van der Waals surface area contributed by atoms with Crippen molar-refractivity contribution in [3.05, 3.63) is 58.7 Å². The Hall–Kier alpha value is -4.13. The van der Waals surface area contributed by atoms with E-state index in [1.54, 1.807) is 43.4 Å². The number of fused-ring (bicyclic) bond motifs is 3. The Morgan fingerprint density at radius 3 is 2.51 bits per heavy atom. The number of rotatable bonds is 15. The summed E-state index contributed by atoms with van der Waals surface area (Å²) in [5, 5.41) is 24.3. The lowest BCUT2D eigenvalue weighted by atomic mass is 9.75. The smallest absolute Gasteiger partial charge is 0.249 e. The maximum Gasteiger partial charge on any atom is 0.249 e. The molecule has 1 aliphatic heterocycles. The molecule has 2 aromatic carbocycles. The summed E-state index contributed by atoms with van der Waals surface area (Å²) in [5.41, 5.74) is 1.86. The van der Waals surface area contributed by atoms with E-state index in [0.717, 1.165) is 24.8 Å². The number of carbonyl (C=O) groups excluding carboxylic acids is 3. The zero-order chi connectivity index (χ0) is 36.8. The Bertz CT molecular complexity index is 1590. The zero-order valence-corrected chi connectivity index (χ0v) is 30.4. The van der Waals surface area contributed by atoms with E-state index in [0.29, 0.717) is 58.8 Å². The first kappa shape index (κ1) is 38.1. The van der Waals surface area contributed by atoms with Gasteiger partial charge in [0.2, 0.25) is 11.8 Å². The van der Waals surface area contributed by atoms with Crippen LogP contribution in [0.4, 0.5) is 0 Å². The lowest BCUT2D eigenvalue weighted by Crippen LogP contribution is -2.57. The molecule has 3 N–H and O–H groups in total. The van der Waals surface area contributed by atoms with Gasteiger partial charge in [0.15, 0.2) is 11.5 Å². The zero-order valence-electron chi connectivity index (χ0n) is 30.4. The maximum atomic E-state index is 14.4. The quantitative estimate of drug-likeness (QED) is 0.234. The van der Waals surface area contributed by atoms with Crippen LogP contribution in [0.5, 0.6) is 23.0 Å². The van der Waals surface area contributed by atoms with Crippen molar-refractivity contribution in [2.24, 2.45) is 17.8 Å². The van der Waals surface area contributed by atoms with Crippen molar-refractivity contribution >= 4 is 18.1 Å². The molecule has 12 heteroatoms. The van der Waals surface area contributed by atoms with Crippen LogP contribution in [-0.2, 0) is 20.7 Å². The summed E-state index contributed by atoms with van der Waals surface area (Å²) in [6, 6.07) is 7.60. The summed E-state index contributed by atoms with van der Waals surface area (Å²) in [6.45, 7) is 6.23. The third-order valence-corrected chi connectivity index (χ3v) is 10.6. The van der Waals surface area contributed by atoms with Crippen LogP contribution in [-0.4, -0.2) is 105 Å². The Labute approximate surface area is 300 Å². The minimum atomic E-state index is -1.28. The Kier molecular flexibility index (Phi) is 12.6. The van der Waals surface area contributed by atoms with E-state index >= 15 is 0 Å². The molecule has 1 fully saturated rings. The van der Waals surface area contributed by atoms with Crippen molar-refractivity contribution in [1.82, 2.24) is 10.2 Å². The van der Waals surface area contributed by atoms with E-state index in [9.17, 15) is 24.6 Å². The van der Waals surface area contributed by atoms with Crippen molar-refractivity contribution in [2.75, 3.05) is 47.6 Å². The first-order valence-corrected chi connectivity index (χ1v) is 17.8. The fraction of sp³-hybridized carbons (Fsp3) is 0.564. The topological polar surface area (TPSA) is 153 Å². The second-order valence-corrected chi connectivity index (χ2v) is 14.1. The van der Waals surface area contributed by atoms with E-state index < -0.39 is 30.1 Å². The van der Waals surface area contributed by atoms with Crippen LogP contribution in [0, 0.1) is 17.8 Å². The normalized spacial score (nSPS) is 25.2. The number of ether oxygens (including phenoxy) is 5. The summed E-state index contributed by atoms with van der Waals surface area (Å²) in [7, 11) is 4.59. The van der Waals surface area contributed by atoms with Crippen LogP contribution in [0.2, 0.25) is 0 Å². The van der Waals surface area contributed by atoms with Crippen LogP contribution in [0.25, 0.3) is 0 Å². The van der Waals surface area contributed by atoms with Crippen molar-refractivity contribution in [2.45, 2.75) is 76.7 Å². The molecule has 0 aromatic heterocycles. The van der Waals surface area contributed by atoms with Crippen molar-refractivity contribution in [1.29, 1.82) is 0 Å². The molecule has 0 saturated heterocycles. The Balaban J connectivity index is 1.54. The molecule has 12 nitrogen and oxygen atoms in total. The molecule has 2 aliphatic carbocycles. The number of aliphatic hydroxyl groups excluding tert-OH is 2. The second kappa shape index (κ2) is 16.9. The third-order valence-electron chi connectivity index (χ3n) is 10.6. The van der Waals surface area contributed by atoms with Crippen molar-refractivity contribution < 1.29 is 48.3 Å². The Morgan fingerprint density at radius 2 is 1.84 bits per heavy atom. The van der Waals surface area contributed by atoms with Gasteiger partial charge in [0, 0.05) is 29.8 Å². The van der Waals surface area contributed by atoms with Gasteiger partial charge >= 0.3 is 0 Å². The van der Waals surface area contributed by atoms with Gasteiger partial charge in [-0.3, -0.25) is 14.4 Å². The molecule has 51 heavy (non-hydrogen) atoms. The van der Waals surface area contributed by atoms with Crippen LogP contribution >= 0.6 is 0 Å². The van der Waals surface area contributed by atoms with E-state index in [4.69, 9.17) is 23.7 Å². The number of hydrogen-bond donors (Lipinski definition) is 3. The van der Waals surface area contributed by atoms with E-state index in [1.807, 2.05) is 6.07 Å². The van der Waals surface area contributed by atoms with Gasteiger partial charge in [-0.1, -0.05) is 27.2 Å². The van der Waals surface area contributed by atoms with E-state index in [1.165, 1.54) is 13.2 Å². The predicted molar refractivity (Wildman–Crippen MR) is 190 cm³/mol. The van der Waals surface area contributed by atoms with Gasteiger partial charge < -0.3 is 44.1 Å². The number of benzene rings is 2. The Morgan fingerprint density at radius 1 is 1.08 bits per heavy atom. The van der Waals surface area contributed by atoms with Crippen LogP contribution in [0.3, 0.4) is 0 Å². The number of aliphatic hydroxyl groups is 2. The molecule has 1 saturated carbocycles. The molecule has 1 heterocycles. The van der Waals surface area contributed by atoms with Gasteiger partial charge in [-0.25, -0.2) is 0 Å². The highest BCUT2D eigenvalue weighted by atomic mass is 16.5. The lowest BCUT2D eigenvalue weighted by Gasteiger charge is -2.41. The summed E-state index contributed by atoms with van der Waals surface area (Å²) in [5.74, 6) is 1.43. The molecule has 7 atom stereocenters. The van der Waals surface area contributed by atoms with Crippen LogP contribution in [0.1, 0.15) is 67.4 Å². The molecule has 7 unspecified atom stereocenters. The standard InChI is InChI=1S/C39H52N2O10/c1-22(2)27-9-7-23(3)15-32(27)50-21-34(44)41(13-11-25-18-26(47-4)8-10-31(25)48-5)30-19-29(39(46)40-12-14-42)35-28-16-24(20-43)17-33(49-6)37(28)51-38(35)36(30)45/h8,10,16-20,22-23,27,30,32,35-36,38,42,45H,7,9,11-15,21H2,1-6H3,(H,40,46). The van der Waals surface area contributed by atoms with Gasteiger partial charge in [-0.2, -0.15) is 0 Å². The van der Waals surface area contributed by atoms with Crippen LogP contribution < -0.4 is 24.3 Å². The third kappa shape index (κ3) is 8.18. The number of carbonyl (C=O) groups is 3. The highest BCUT2D eigenvalue weighted by Crippen LogP contribution is 2.51. The maximum absolute atomic E-state index is 14.4. The first-order chi connectivity index (χ1) is 24.5. The largest absolute Gasteiger partial charge is 0.497 e. The molecule has 2 aromatic rings. The van der Waals surface area contributed by atoms with Gasteiger partial charge in [-0.15, -0.1) is 0 Å². The van der Waals surface area contributed by atoms with Crippen molar-refractivity contribution in [3.8, 4) is 23.0 Å². The molecule has 0 radical (unpaired) electrons. The molecular formula is C39H52N2O10. The molecule has 278 valence electrons. The monoisotopic (exact) mass is 708 g/mol. The summed E-state index contributed by atoms with van der Waals surface area (Å²) in [4.78, 5) is 41.6. The van der Waals surface area contributed by atoms with Gasteiger partial charge in [0.25, 0.3) is 0 Å². The predicted octanol–water partition coefficient (Wildman–Crippen LogP) is 3.70. The van der Waals surface area contributed by atoms with E-state index in [-0.39, 0.29) is 49.6 Å². The van der Waals surface area contributed by atoms with Crippen LogP contribution in [0.15, 0.2) is 42.0 Å². The minimum Gasteiger partial charge on any atom is -0.497 e. The molecular weight excluding hydrogens is 656 g/mol. The number of nitrogens with one attached hydrogen (secondary N) is 1. The fourth-order valence-electron chi connectivity index (χ4n) is 7.88. The number of methoxy groups -OCH3 is 3. The highest BCUT2D eigenvalue weighted by molar-refractivity contribution is 5.96. The molecule has 0 bridgehead atoms. The van der Waals surface area contributed by atoms with Crippen molar-refractivity contribution in [3.63, 3.8) is 0 Å². The summed E-state index contributed by atoms with van der Waals surface area (Å²) in [6.07, 6.45) is 3.28. The average molecular weight is 709 g/mol. The van der Waals surface area contributed by atoms with Gasteiger partial charge in [0.1, 0.15) is 36.6 Å².